The van der Waals surface area contributed by atoms with Gasteiger partial charge < -0.3 is 4.90 Å². The second kappa shape index (κ2) is 5.82. The fourth-order valence-corrected chi connectivity index (χ4v) is 2.51. The van der Waals surface area contributed by atoms with Gasteiger partial charge in [0.15, 0.2) is 0 Å². The van der Waals surface area contributed by atoms with Crippen LogP contribution < -0.4 is 16.2 Å². The lowest BCUT2D eigenvalue weighted by atomic mass is 9.98. The fraction of sp³-hybridized carbons (Fsp3) is 0.667. The average molecular weight is 235 g/mol. The van der Waals surface area contributed by atoms with Crippen LogP contribution in [0.25, 0.3) is 0 Å². The Labute approximate surface area is 102 Å². The van der Waals surface area contributed by atoms with Crippen LogP contribution >= 0.6 is 0 Å². The highest BCUT2D eigenvalue weighted by atomic mass is 15.3. The van der Waals surface area contributed by atoms with Crippen LogP contribution in [0.4, 0.5) is 11.8 Å². The van der Waals surface area contributed by atoms with Crippen LogP contribution in [0.15, 0.2) is 12.3 Å². The molecule has 2 heterocycles. The summed E-state index contributed by atoms with van der Waals surface area (Å²) in [6, 6.07) is 2.59. The van der Waals surface area contributed by atoms with Crippen LogP contribution in [-0.2, 0) is 0 Å². The SMILES string of the molecule is CCCC1CCCCN1c1ccnc(NN)n1. The molecule has 3 N–H and O–H groups in total. The lowest BCUT2D eigenvalue weighted by Crippen LogP contribution is -2.40. The zero-order valence-corrected chi connectivity index (χ0v) is 10.4. The number of aromatic nitrogens is 2. The summed E-state index contributed by atoms with van der Waals surface area (Å²) < 4.78 is 0. The number of nitrogens with zero attached hydrogens (tertiary/aromatic N) is 3. The van der Waals surface area contributed by atoms with Gasteiger partial charge >= 0.3 is 0 Å². The van der Waals surface area contributed by atoms with Crippen LogP contribution in [0.2, 0.25) is 0 Å². The molecule has 1 atom stereocenters. The molecule has 94 valence electrons. The molecule has 0 aliphatic carbocycles. The van der Waals surface area contributed by atoms with E-state index in [2.05, 4.69) is 27.2 Å². The molecule has 0 amide bonds. The number of anilines is 2. The van der Waals surface area contributed by atoms with Gasteiger partial charge in [0.05, 0.1) is 0 Å². The molecule has 0 aromatic carbocycles. The van der Waals surface area contributed by atoms with Gasteiger partial charge in [0.1, 0.15) is 5.82 Å². The number of hydrazine groups is 1. The first-order valence-electron chi connectivity index (χ1n) is 6.41. The minimum atomic E-state index is 0.489. The summed E-state index contributed by atoms with van der Waals surface area (Å²) in [4.78, 5) is 10.9. The van der Waals surface area contributed by atoms with E-state index in [1.165, 1.54) is 32.1 Å². The Morgan fingerprint density at radius 3 is 3.18 bits per heavy atom. The standard InChI is InChI=1S/C12H21N5/c1-2-5-10-6-3-4-9-17(10)11-7-8-14-12(15-11)16-13/h7-8,10H,2-6,9,13H2,1H3,(H,14,15,16). The van der Waals surface area contributed by atoms with E-state index in [1.54, 1.807) is 6.20 Å². The Kier molecular flexibility index (Phi) is 4.14. The van der Waals surface area contributed by atoms with E-state index < -0.39 is 0 Å². The third-order valence-corrected chi connectivity index (χ3v) is 3.31. The Morgan fingerprint density at radius 2 is 2.41 bits per heavy atom. The van der Waals surface area contributed by atoms with Crippen molar-refractivity contribution in [3.05, 3.63) is 12.3 Å². The maximum Gasteiger partial charge on any atom is 0.239 e. The van der Waals surface area contributed by atoms with Gasteiger partial charge in [0.25, 0.3) is 0 Å². The smallest absolute Gasteiger partial charge is 0.239 e. The second-order valence-corrected chi connectivity index (χ2v) is 4.51. The molecule has 0 spiro atoms. The Hall–Kier alpha value is -1.36. The minimum absolute atomic E-state index is 0.489. The van der Waals surface area contributed by atoms with Gasteiger partial charge in [0.2, 0.25) is 5.95 Å². The van der Waals surface area contributed by atoms with Gasteiger partial charge in [-0.2, -0.15) is 4.98 Å². The number of hydrogen-bond acceptors (Lipinski definition) is 5. The third-order valence-electron chi connectivity index (χ3n) is 3.31. The molecule has 2 rings (SSSR count). The zero-order chi connectivity index (χ0) is 12.1. The summed E-state index contributed by atoms with van der Waals surface area (Å²) in [5.74, 6) is 6.83. The maximum absolute atomic E-state index is 5.35. The Balaban J connectivity index is 2.16. The van der Waals surface area contributed by atoms with E-state index in [4.69, 9.17) is 5.84 Å². The number of piperidine rings is 1. The van der Waals surface area contributed by atoms with Gasteiger partial charge in [-0.3, -0.25) is 5.43 Å². The lowest BCUT2D eigenvalue weighted by molar-refractivity contribution is 0.432. The average Bonchev–Trinajstić information content (AvgIpc) is 2.40. The van der Waals surface area contributed by atoms with Crippen molar-refractivity contribution in [2.75, 3.05) is 16.9 Å². The molecule has 1 aliphatic rings. The van der Waals surface area contributed by atoms with E-state index in [0.717, 1.165) is 12.4 Å². The number of hydrogen-bond donors (Lipinski definition) is 2. The number of nitrogens with one attached hydrogen (secondary N) is 1. The molecule has 5 heteroatoms. The van der Waals surface area contributed by atoms with Gasteiger partial charge in [0, 0.05) is 18.8 Å². The number of nitrogen functional groups attached to an aromatic ring is 1. The molecule has 1 saturated heterocycles. The Morgan fingerprint density at radius 1 is 1.53 bits per heavy atom. The lowest BCUT2D eigenvalue weighted by Gasteiger charge is -2.36. The summed E-state index contributed by atoms with van der Waals surface area (Å²) >= 11 is 0. The van der Waals surface area contributed by atoms with Crippen molar-refractivity contribution < 1.29 is 0 Å². The highest BCUT2D eigenvalue weighted by Crippen LogP contribution is 2.25. The van der Waals surface area contributed by atoms with Crippen molar-refractivity contribution in [2.24, 2.45) is 5.84 Å². The summed E-state index contributed by atoms with van der Waals surface area (Å²) in [5.41, 5.74) is 2.50. The monoisotopic (exact) mass is 235 g/mol. The zero-order valence-electron chi connectivity index (χ0n) is 10.4. The Bertz CT molecular complexity index is 353. The van der Waals surface area contributed by atoms with Gasteiger partial charge in [-0.15, -0.1) is 0 Å². The first-order chi connectivity index (χ1) is 8.35. The quantitative estimate of drug-likeness (QED) is 0.616. The third kappa shape index (κ3) is 2.85. The maximum atomic E-state index is 5.35. The van der Waals surface area contributed by atoms with E-state index >= 15 is 0 Å². The van der Waals surface area contributed by atoms with Crippen molar-refractivity contribution in [1.29, 1.82) is 0 Å². The van der Waals surface area contributed by atoms with E-state index in [1.807, 2.05) is 6.07 Å². The summed E-state index contributed by atoms with van der Waals surface area (Å²) in [5, 5.41) is 0. The van der Waals surface area contributed by atoms with Gasteiger partial charge in [-0.05, 0) is 31.7 Å². The molecule has 1 aromatic heterocycles. The molecule has 1 aromatic rings. The summed E-state index contributed by atoms with van der Waals surface area (Å²) in [6.07, 6.45) is 8.05. The minimum Gasteiger partial charge on any atom is -0.353 e. The summed E-state index contributed by atoms with van der Waals surface area (Å²) in [6.45, 7) is 3.32. The van der Waals surface area contributed by atoms with Crippen molar-refractivity contribution in [2.45, 2.75) is 45.1 Å². The second-order valence-electron chi connectivity index (χ2n) is 4.51. The van der Waals surface area contributed by atoms with Crippen molar-refractivity contribution in [3.63, 3.8) is 0 Å². The molecular weight excluding hydrogens is 214 g/mol. The first kappa shape index (κ1) is 12.1. The van der Waals surface area contributed by atoms with Crippen molar-refractivity contribution in [3.8, 4) is 0 Å². The molecule has 0 radical (unpaired) electrons. The fourth-order valence-electron chi connectivity index (χ4n) is 2.51. The molecule has 1 aliphatic heterocycles. The molecule has 1 unspecified atom stereocenters. The predicted molar refractivity (Wildman–Crippen MR) is 69.7 cm³/mol. The summed E-state index contributed by atoms with van der Waals surface area (Å²) in [7, 11) is 0. The number of rotatable bonds is 4. The largest absolute Gasteiger partial charge is 0.353 e. The van der Waals surface area contributed by atoms with Gasteiger partial charge in [-0.1, -0.05) is 13.3 Å². The predicted octanol–water partition coefficient (Wildman–Crippen LogP) is 1.92. The normalized spacial score (nSPS) is 20.4. The van der Waals surface area contributed by atoms with Crippen LogP contribution in [0.3, 0.4) is 0 Å². The molecule has 17 heavy (non-hydrogen) atoms. The molecule has 1 fully saturated rings. The van der Waals surface area contributed by atoms with Crippen LogP contribution in [0.1, 0.15) is 39.0 Å². The molecular formula is C12H21N5. The van der Waals surface area contributed by atoms with E-state index in [0.29, 0.717) is 12.0 Å². The van der Waals surface area contributed by atoms with Crippen molar-refractivity contribution in [1.82, 2.24) is 9.97 Å². The number of nitrogens with two attached hydrogens (primary N) is 1. The molecule has 0 bridgehead atoms. The molecule has 5 nitrogen and oxygen atoms in total. The topological polar surface area (TPSA) is 67.1 Å². The molecule has 0 saturated carbocycles. The van der Waals surface area contributed by atoms with Crippen molar-refractivity contribution >= 4 is 11.8 Å². The first-order valence-corrected chi connectivity index (χ1v) is 6.41. The van der Waals surface area contributed by atoms with Crippen LogP contribution in [-0.4, -0.2) is 22.6 Å². The highest BCUT2D eigenvalue weighted by molar-refractivity contribution is 5.43. The van der Waals surface area contributed by atoms with E-state index in [-0.39, 0.29) is 0 Å². The van der Waals surface area contributed by atoms with E-state index in [9.17, 15) is 0 Å². The van der Waals surface area contributed by atoms with Crippen LogP contribution in [0, 0.1) is 0 Å². The van der Waals surface area contributed by atoms with Gasteiger partial charge in [-0.25, -0.2) is 10.8 Å². The van der Waals surface area contributed by atoms with Crippen LogP contribution in [0.5, 0.6) is 0 Å². The highest BCUT2D eigenvalue weighted by Gasteiger charge is 2.22.